The molecule has 2 heterocycles. The quantitative estimate of drug-likeness (QED) is 0.814. The Morgan fingerprint density at radius 3 is 2.59 bits per heavy atom. The van der Waals surface area contributed by atoms with E-state index < -0.39 is 0 Å². The number of nitrogens with zero attached hydrogens (tertiary/aromatic N) is 2. The first-order chi connectivity index (χ1) is 8.04. The molecule has 2 rings (SSSR count). The van der Waals surface area contributed by atoms with Crippen LogP contribution in [0.1, 0.15) is 38.7 Å². The second-order valence-corrected chi connectivity index (χ2v) is 6.30. The van der Waals surface area contributed by atoms with Crippen LogP contribution >= 0.6 is 15.9 Å². The maximum absolute atomic E-state index is 4.52. The van der Waals surface area contributed by atoms with Gasteiger partial charge in [0.15, 0.2) is 0 Å². The van der Waals surface area contributed by atoms with Crippen LogP contribution in [0.5, 0.6) is 0 Å². The van der Waals surface area contributed by atoms with Crippen LogP contribution in [-0.2, 0) is 0 Å². The summed E-state index contributed by atoms with van der Waals surface area (Å²) in [5.74, 6) is 1.13. The van der Waals surface area contributed by atoms with Gasteiger partial charge in [0.25, 0.3) is 0 Å². The maximum Gasteiger partial charge on any atom is 0.128 e. The van der Waals surface area contributed by atoms with Crippen molar-refractivity contribution >= 4 is 21.7 Å². The minimum atomic E-state index is 0.543. The second kappa shape index (κ2) is 4.97. The topological polar surface area (TPSA) is 16.1 Å². The normalized spacial score (nSPS) is 19.4. The van der Waals surface area contributed by atoms with Crippen molar-refractivity contribution < 1.29 is 0 Å². The van der Waals surface area contributed by atoms with Crippen LogP contribution in [-0.4, -0.2) is 18.1 Å². The van der Waals surface area contributed by atoms with Crippen LogP contribution < -0.4 is 4.90 Å². The number of aromatic nitrogens is 1. The molecule has 1 aliphatic heterocycles. The molecule has 0 aromatic carbocycles. The maximum atomic E-state index is 4.52. The van der Waals surface area contributed by atoms with E-state index in [1.54, 1.807) is 0 Å². The Hall–Kier alpha value is -0.570. The molecule has 1 aromatic heterocycles. The van der Waals surface area contributed by atoms with Gasteiger partial charge in [-0.1, -0.05) is 20.3 Å². The molecule has 1 saturated heterocycles. The lowest BCUT2D eigenvalue weighted by Gasteiger charge is -2.39. The zero-order chi connectivity index (χ0) is 12.5. The van der Waals surface area contributed by atoms with E-state index in [0.29, 0.717) is 5.41 Å². The van der Waals surface area contributed by atoms with Crippen LogP contribution in [0.3, 0.4) is 0 Å². The monoisotopic (exact) mass is 296 g/mol. The number of aryl methyl sites for hydroxylation is 1. The van der Waals surface area contributed by atoms with E-state index >= 15 is 0 Å². The average molecular weight is 297 g/mol. The van der Waals surface area contributed by atoms with E-state index in [-0.39, 0.29) is 0 Å². The molecular formula is C14H21BrN2. The Labute approximate surface area is 113 Å². The molecule has 0 N–H and O–H groups in total. The Kier molecular flexibility index (Phi) is 3.76. The molecule has 0 atom stereocenters. The highest BCUT2D eigenvalue weighted by Gasteiger charge is 2.28. The Morgan fingerprint density at radius 2 is 2.06 bits per heavy atom. The molecule has 1 aromatic rings. The molecule has 94 valence electrons. The summed E-state index contributed by atoms with van der Waals surface area (Å²) in [6.07, 6.45) is 5.76. The highest BCUT2D eigenvalue weighted by atomic mass is 79.9. The predicted molar refractivity (Wildman–Crippen MR) is 76.5 cm³/mol. The summed E-state index contributed by atoms with van der Waals surface area (Å²) < 4.78 is 1.09. The third kappa shape index (κ3) is 2.82. The number of halogens is 1. The van der Waals surface area contributed by atoms with Crippen molar-refractivity contribution in [3.8, 4) is 0 Å². The number of hydrogen-bond acceptors (Lipinski definition) is 2. The first kappa shape index (κ1) is 12.9. The van der Waals surface area contributed by atoms with Crippen molar-refractivity contribution in [3.63, 3.8) is 0 Å². The summed E-state index contributed by atoms with van der Waals surface area (Å²) in [6, 6.07) is 2.18. The lowest BCUT2D eigenvalue weighted by Crippen LogP contribution is -2.38. The molecule has 2 nitrogen and oxygen atoms in total. The van der Waals surface area contributed by atoms with Gasteiger partial charge < -0.3 is 4.90 Å². The molecule has 0 radical (unpaired) electrons. The Morgan fingerprint density at radius 1 is 1.41 bits per heavy atom. The van der Waals surface area contributed by atoms with Gasteiger partial charge in [-0.2, -0.15) is 0 Å². The predicted octanol–water partition coefficient (Wildman–Crippen LogP) is 4.17. The molecule has 0 bridgehead atoms. The van der Waals surface area contributed by atoms with Gasteiger partial charge in [0.05, 0.1) is 0 Å². The van der Waals surface area contributed by atoms with E-state index in [1.807, 2.05) is 6.20 Å². The zero-order valence-corrected chi connectivity index (χ0v) is 12.5. The largest absolute Gasteiger partial charge is 0.357 e. The third-order valence-corrected chi connectivity index (χ3v) is 5.01. The van der Waals surface area contributed by atoms with Crippen molar-refractivity contribution in [2.75, 3.05) is 18.0 Å². The highest BCUT2D eigenvalue weighted by molar-refractivity contribution is 9.10. The van der Waals surface area contributed by atoms with Crippen molar-refractivity contribution in [2.24, 2.45) is 5.41 Å². The van der Waals surface area contributed by atoms with E-state index in [0.717, 1.165) is 23.4 Å². The van der Waals surface area contributed by atoms with Gasteiger partial charge in [-0.05, 0) is 52.7 Å². The molecular weight excluding hydrogens is 276 g/mol. The van der Waals surface area contributed by atoms with E-state index in [2.05, 4.69) is 52.7 Å². The summed E-state index contributed by atoms with van der Waals surface area (Å²) >= 11 is 3.50. The SMILES string of the molecule is CCC1(C)CCN(c2cc(C)c(Br)cn2)CC1. The van der Waals surface area contributed by atoms with Crippen LogP contribution in [0.15, 0.2) is 16.7 Å². The lowest BCUT2D eigenvalue weighted by molar-refractivity contribution is 0.238. The molecule has 17 heavy (non-hydrogen) atoms. The summed E-state index contributed by atoms with van der Waals surface area (Å²) in [4.78, 5) is 6.93. The van der Waals surface area contributed by atoms with Gasteiger partial charge in [0.1, 0.15) is 5.82 Å². The standard InChI is InChI=1S/C14H21BrN2/c1-4-14(3)5-7-17(8-6-14)13-9-11(2)12(15)10-16-13/h9-10H,4-8H2,1-3H3. The lowest BCUT2D eigenvalue weighted by atomic mass is 9.78. The molecule has 0 amide bonds. The molecule has 0 unspecified atom stereocenters. The minimum absolute atomic E-state index is 0.543. The van der Waals surface area contributed by atoms with Crippen LogP contribution in [0.4, 0.5) is 5.82 Å². The number of hydrogen-bond donors (Lipinski definition) is 0. The summed E-state index contributed by atoms with van der Waals surface area (Å²) in [5.41, 5.74) is 1.81. The van der Waals surface area contributed by atoms with E-state index in [4.69, 9.17) is 0 Å². The van der Waals surface area contributed by atoms with Gasteiger partial charge in [-0.3, -0.25) is 0 Å². The van der Waals surface area contributed by atoms with E-state index in [1.165, 1.54) is 24.8 Å². The van der Waals surface area contributed by atoms with Gasteiger partial charge in [0, 0.05) is 23.8 Å². The number of rotatable bonds is 2. The van der Waals surface area contributed by atoms with Crippen LogP contribution in [0.2, 0.25) is 0 Å². The smallest absolute Gasteiger partial charge is 0.128 e. The summed E-state index contributed by atoms with van der Waals surface area (Å²) in [6.45, 7) is 9.11. The van der Waals surface area contributed by atoms with Crippen molar-refractivity contribution in [3.05, 3.63) is 22.3 Å². The number of piperidine rings is 1. The first-order valence-electron chi connectivity index (χ1n) is 6.41. The molecule has 0 saturated carbocycles. The van der Waals surface area contributed by atoms with Crippen LogP contribution in [0.25, 0.3) is 0 Å². The van der Waals surface area contributed by atoms with Crippen molar-refractivity contribution in [1.82, 2.24) is 4.98 Å². The second-order valence-electron chi connectivity index (χ2n) is 5.44. The van der Waals surface area contributed by atoms with Gasteiger partial charge >= 0.3 is 0 Å². The number of anilines is 1. The van der Waals surface area contributed by atoms with Crippen LogP contribution in [0, 0.1) is 12.3 Å². The molecule has 3 heteroatoms. The number of pyridine rings is 1. The van der Waals surface area contributed by atoms with Gasteiger partial charge in [-0.15, -0.1) is 0 Å². The first-order valence-corrected chi connectivity index (χ1v) is 7.20. The molecule has 1 fully saturated rings. The van der Waals surface area contributed by atoms with Gasteiger partial charge in [0.2, 0.25) is 0 Å². The minimum Gasteiger partial charge on any atom is -0.357 e. The zero-order valence-electron chi connectivity index (χ0n) is 11.0. The summed E-state index contributed by atoms with van der Waals surface area (Å²) in [5, 5.41) is 0. The average Bonchev–Trinajstić information content (AvgIpc) is 2.34. The molecule has 1 aliphatic rings. The van der Waals surface area contributed by atoms with Gasteiger partial charge in [-0.25, -0.2) is 4.98 Å². The fourth-order valence-corrected chi connectivity index (χ4v) is 2.54. The van der Waals surface area contributed by atoms with Crippen molar-refractivity contribution in [1.29, 1.82) is 0 Å². The van der Waals surface area contributed by atoms with E-state index in [9.17, 15) is 0 Å². The Balaban J connectivity index is 2.08. The molecule has 0 spiro atoms. The third-order valence-electron chi connectivity index (χ3n) is 4.18. The Bertz CT molecular complexity index is 395. The molecule has 0 aliphatic carbocycles. The fraction of sp³-hybridized carbons (Fsp3) is 0.643. The highest BCUT2D eigenvalue weighted by Crippen LogP contribution is 2.35. The van der Waals surface area contributed by atoms with Crippen molar-refractivity contribution in [2.45, 2.75) is 40.0 Å². The summed E-state index contributed by atoms with van der Waals surface area (Å²) in [7, 11) is 0. The fourth-order valence-electron chi connectivity index (χ4n) is 2.33.